The molecule has 0 unspecified atom stereocenters. The van der Waals surface area contributed by atoms with Crippen LogP contribution in [-0.4, -0.2) is 126 Å². The van der Waals surface area contributed by atoms with E-state index in [1.165, 1.54) is 27.0 Å². The van der Waals surface area contributed by atoms with E-state index in [2.05, 4.69) is 61.1 Å². The number of aliphatic hydroxyl groups is 6. The fourth-order valence-electron chi connectivity index (χ4n) is 4.81. The minimum Gasteiger partial charge on any atom is -0.391 e. The fraction of sp³-hybridized carbons (Fsp3) is 0.481. The third-order valence-corrected chi connectivity index (χ3v) is 7.54. The molecular weight excluding hydrogens is 678 g/mol. The Morgan fingerprint density at radius 1 is 0.647 bits per heavy atom. The van der Waals surface area contributed by atoms with Crippen LogP contribution in [0.1, 0.15) is 32.6 Å². The van der Waals surface area contributed by atoms with E-state index >= 15 is 0 Å². The number of hydrogen-bond acceptors (Lipinski definition) is 21. The number of nitrogens with two attached hydrogens (primary N) is 3. The van der Waals surface area contributed by atoms with Gasteiger partial charge in [-0.2, -0.15) is 15.0 Å². The van der Waals surface area contributed by atoms with Crippen LogP contribution in [0.4, 0.5) is 40.9 Å². The van der Waals surface area contributed by atoms with Crippen molar-refractivity contribution in [3.8, 4) is 0 Å². The Labute approximate surface area is 286 Å². The number of fused-ring (bicyclic) bond motifs is 3. The number of hydrogen-bond donors (Lipinski definition) is 16. The van der Waals surface area contributed by atoms with Crippen LogP contribution in [0.15, 0.2) is 20.6 Å². The zero-order valence-corrected chi connectivity index (χ0v) is 27.5. The first-order valence-electron chi connectivity index (χ1n) is 15.4. The molecule has 2 aliphatic rings. The largest absolute Gasteiger partial charge is 0.391 e. The summed E-state index contributed by atoms with van der Waals surface area (Å²) in [6.07, 6.45) is -4.72. The zero-order valence-electron chi connectivity index (χ0n) is 27.5. The molecule has 24 heteroatoms. The summed E-state index contributed by atoms with van der Waals surface area (Å²) in [7, 11) is 0. The summed E-state index contributed by atoms with van der Waals surface area (Å²) in [5, 5.41) is 68.3. The van der Waals surface area contributed by atoms with Gasteiger partial charge in [0.2, 0.25) is 17.8 Å². The number of nitrogens with one attached hydrogen (secondary N) is 7. The first kappa shape index (κ1) is 38.1. The van der Waals surface area contributed by atoms with Crippen LogP contribution >= 0.6 is 0 Å². The van der Waals surface area contributed by atoms with Crippen molar-refractivity contribution in [1.29, 1.82) is 0 Å². The summed E-state index contributed by atoms with van der Waals surface area (Å²) < 4.78 is 0. The molecule has 0 radical (unpaired) electrons. The minimum atomic E-state index is -1.20. The molecule has 0 aliphatic carbocycles. The highest BCUT2D eigenvalue weighted by Gasteiger charge is 2.30. The van der Waals surface area contributed by atoms with Crippen LogP contribution in [0.2, 0.25) is 0 Å². The maximum atomic E-state index is 11.6. The van der Waals surface area contributed by atoms with E-state index in [0.717, 1.165) is 0 Å². The van der Waals surface area contributed by atoms with Gasteiger partial charge in [0.25, 0.3) is 16.7 Å². The van der Waals surface area contributed by atoms with E-state index in [4.69, 9.17) is 17.2 Å². The van der Waals surface area contributed by atoms with Gasteiger partial charge >= 0.3 is 0 Å². The summed E-state index contributed by atoms with van der Waals surface area (Å²) in [5.74, 6) is 0.691. The van der Waals surface area contributed by atoms with Crippen molar-refractivity contribution in [3.63, 3.8) is 0 Å². The predicted octanol–water partition coefficient (Wildman–Crippen LogP) is -4.69. The van der Waals surface area contributed by atoms with Gasteiger partial charge in [-0.3, -0.25) is 29.3 Å². The Balaban J connectivity index is 0.000000172. The second-order valence-electron chi connectivity index (χ2n) is 11.7. The average molecular weight is 720 g/mol. The number of rotatable bonds is 6. The number of nitrogen functional groups attached to an aromatic ring is 3. The first-order chi connectivity index (χ1) is 24.0. The molecule has 6 heterocycles. The van der Waals surface area contributed by atoms with Gasteiger partial charge in [0.15, 0.2) is 22.8 Å². The standard InChI is InChI=1S/2C9H15N5O3.C9H11N5O3/c3*1-3(15)6(16)4-2-11-7-5(12-4)8(17)14-9(10)13-7/h2*3-4,6,12,15-16H,2H2,1H3,(H4,10,11,13,14,17);2-3,6,15-16H,1H3,(H3,10,11,13,14,17)/t2*3-,4+,6-;3-,6-/m000/s1. The van der Waals surface area contributed by atoms with E-state index in [9.17, 15) is 45.0 Å². The molecule has 0 amide bonds. The second-order valence-corrected chi connectivity index (χ2v) is 11.7. The first-order valence-corrected chi connectivity index (χ1v) is 15.4. The van der Waals surface area contributed by atoms with Gasteiger partial charge in [0.1, 0.15) is 29.7 Å². The summed E-state index contributed by atoms with van der Waals surface area (Å²) in [6.45, 7) is 5.05. The molecule has 0 saturated carbocycles. The number of aromatic nitrogens is 8. The summed E-state index contributed by atoms with van der Waals surface area (Å²) in [6, 6.07) is -0.928. The Morgan fingerprint density at radius 2 is 1.08 bits per heavy atom. The molecule has 0 bridgehead atoms. The molecule has 278 valence electrons. The smallest absolute Gasteiger partial charge is 0.280 e. The normalized spacial score (nSPS) is 19.5. The van der Waals surface area contributed by atoms with E-state index in [-0.39, 0.29) is 46.1 Å². The average Bonchev–Trinajstić information content (AvgIpc) is 3.07. The third-order valence-electron chi connectivity index (χ3n) is 7.54. The Morgan fingerprint density at radius 3 is 1.51 bits per heavy atom. The Bertz CT molecular complexity index is 1910. The molecule has 0 saturated heterocycles. The molecule has 0 aromatic carbocycles. The molecule has 24 nitrogen and oxygen atoms in total. The molecule has 8 atom stereocenters. The van der Waals surface area contributed by atoms with Crippen molar-refractivity contribution in [2.24, 2.45) is 0 Å². The van der Waals surface area contributed by atoms with Crippen LogP contribution in [0.3, 0.4) is 0 Å². The maximum Gasteiger partial charge on any atom is 0.280 e. The number of aromatic amines is 3. The van der Waals surface area contributed by atoms with Gasteiger partial charge in [-0.1, -0.05) is 0 Å². The van der Waals surface area contributed by atoms with Crippen molar-refractivity contribution < 1.29 is 30.6 Å². The van der Waals surface area contributed by atoms with Crippen LogP contribution in [-0.2, 0) is 0 Å². The number of H-pyrrole nitrogens is 3. The van der Waals surface area contributed by atoms with Crippen LogP contribution < -0.4 is 55.1 Å². The lowest BCUT2D eigenvalue weighted by atomic mass is 10.0. The zero-order chi connectivity index (χ0) is 37.7. The van der Waals surface area contributed by atoms with Gasteiger partial charge in [-0.05, 0) is 20.8 Å². The summed E-state index contributed by atoms with van der Waals surface area (Å²) in [5.41, 5.74) is 15.4. The Kier molecular flexibility index (Phi) is 11.9. The fourth-order valence-corrected chi connectivity index (χ4v) is 4.81. The predicted molar refractivity (Wildman–Crippen MR) is 185 cm³/mol. The van der Waals surface area contributed by atoms with Crippen molar-refractivity contribution >= 4 is 52.0 Å². The highest BCUT2D eigenvalue weighted by molar-refractivity contribution is 5.69. The highest BCUT2D eigenvalue weighted by Crippen LogP contribution is 2.23. The molecule has 0 spiro atoms. The van der Waals surface area contributed by atoms with Crippen LogP contribution in [0.25, 0.3) is 11.2 Å². The monoisotopic (exact) mass is 719 g/mol. The van der Waals surface area contributed by atoms with E-state index < -0.39 is 65.4 Å². The van der Waals surface area contributed by atoms with Crippen LogP contribution in [0.5, 0.6) is 0 Å². The lowest BCUT2D eigenvalue weighted by molar-refractivity contribution is 0.0214. The van der Waals surface area contributed by atoms with Gasteiger partial charge < -0.3 is 69.1 Å². The van der Waals surface area contributed by atoms with Crippen molar-refractivity contribution in [3.05, 3.63) is 43.0 Å². The topological polar surface area (TPSA) is 411 Å². The molecule has 4 aromatic heterocycles. The molecule has 6 rings (SSSR count). The highest BCUT2D eigenvalue weighted by atomic mass is 16.3. The molecule has 2 aliphatic heterocycles. The maximum absolute atomic E-state index is 11.6. The second kappa shape index (κ2) is 15.9. The molecule has 19 N–H and O–H groups in total. The van der Waals surface area contributed by atoms with Crippen molar-refractivity contribution in [2.45, 2.75) is 69.5 Å². The SMILES string of the molecule is C[C@H](O)[C@H](O)[C@H]1CNc2nc(N)[nH]c(=O)c2N1.C[C@H](O)[C@H](O)[C@H]1CNc2nc(N)[nH]c(=O)c2N1.C[C@H](O)[C@H](O)c1cnc2nc(N)[nH]c(=O)c2n1. The van der Waals surface area contributed by atoms with Crippen molar-refractivity contribution in [1.82, 2.24) is 39.9 Å². The van der Waals surface area contributed by atoms with E-state index in [0.29, 0.717) is 24.7 Å². The summed E-state index contributed by atoms with van der Waals surface area (Å²) >= 11 is 0. The van der Waals surface area contributed by atoms with Crippen molar-refractivity contribution in [2.75, 3.05) is 51.6 Å². The lowest BCUT2D eigenvalue weighted by Gasteiger charge is -2.31. The van der Waals surface area contributed by atoms with Crippen LogP contribution in [0, 0.1) is 0 Å². The quantitative estimate of drug-likeness (QED) is 0.0889. The van der Waals surface area contributed by atoms with Gasteiger partial charge in [0.05, 0.1) is 42.3 Å². The van der Waals surface area contributed by atoms with Gasteiger partial charge in [-0.15, -0.1) is 0 Å². The number of nitrogens with zero attached hydrogens (tertiary/aromatic N) is 5. The van der Waals surface area contributed by atoms with E-state index in [1.54, 1.807) is 0 Å². The van der Waals surface area contributed by atoms with Gasteiger partial charge in [-0.25, -0.2) is 9.97 Å². The number of anilines is 7. The molecule has 0 fully saturated rings. The molecule has 4 aromatic rings. The minimum absolute atomic E-state index is 0.0255. The van der Waals surface area contributed by atoms with E-state index in [1.807, 2.05) is 0 Å². The van der Waals surface area contributed by atoms with Gasteiger partial charge in [0, 0.05) is 13.1 Å². The molecular formula is C27H41N15O9. The third kappa shape index (κ3) is 9.12. The lowest BCUT2D eigenvalue weighted by Crippen LogP contribution is -2.48. The number of aliphatic hydroxyl groups excluding tert-OH is 6. The summed E-state index contributed by atoms with van der Waals surface area (Å²) in [4.78, 5) is 61.1. The Hall–Kier alpha value is -5.66. The molecule has 51 heavy (non-hydrogen) atoms.